The molecule has 0 heterocycles. The lowest BCUT2D eigenvalue weighted by Crippen LogP contribution is -2.30. The van der Waals surface area contributed by atoms with Gasteiger partial charge in [0.05, 0.1) is 60.4 Å². The van der Waals surface area contributed by atoms with Crippen LogP contribution in [0.1, 0.15) is 34.1 Å². The Bertz CT molecular complexity index is 1150. The van der Waals surface area contributed by atoms with Crippen LogP contribution in [0.25, 0.3) is 0 Å². The quantitative estimate of drug-likeness (QED) is 0.122. The van der Waals surface area contributed by atoms with E-state index in [9.17, 15) is 0 Å². The SMILES string of the molecule is CC(C)=CC[P+](CCC[P+](CC=C(C)C)(c1ccccc1)c1ccccc1)(c1ccccc1)c1ccccc1. The number of hydrogen-bond donors (Lipinski definition) is 0. The van der Waals surface area contributed by atoms with Gasteiger partial charge in [-0.3, -0.25) is 0 Å². The van der Waals surface area contributed by atoms with Crippen molar-refractivity contribution in [3.05, 3.63) is 145 Å². The molecule has 0 aromatic heterocycles. The van der Waals surface area contributed by atoms with Gasteiger partial charge in [0, 0.05) is 6.42 Å². The second-order valence-electron chi connectivity index (χ2n) is 11.0. The van der Waals surface area contributed by atoms with E-state index < -0.39 is 14.5 Å². The maximum Gasteiger partial charge on any atom is 0.0995 e. The third-order valence-electron chi connectivity index (χ3n) is 7.70. The molecule has 0 nitrogen and oxygen atoms in total. The summed E-state index contributed by atoms with van der Waals surface area (Å²) in [6.45, 7) is 8.97. The van der Waals surface area contributed by atoms with Gasteiger partial charge in [-0.25, -0.2) is 0 Å². The zero-order valence-electron chi connectivity index (χ0n) is 24.1. The lowest BCUT2D eigenvalue weighted by atomic mass is 10.3. The molecule has 0 saturated carbocycles. The van der Waals surface area contributed by atoms with Crippen molar-refractivity contribution in [2.45, 2.75) is 34.1 Å². The Morgan fingerprint density at radius 2 is 0.692 bits per heavy atom. The number of rotatable bonds is 12. The lowest BCUT2D eigenvalue weighted by Gasteiger charge is -2.30. The molecule has 0 aliphatic rings. The summed E-state index contributed by atoms with van der Waals surface area (Å²) < 4.78 is 0. The Morgan fingerprint density at radius 3 is 0.923 bits per heavy atom. The van der Waals surface area contributed by atoms with Gasteiger partial charge in [0.15, 0.2) is 0 Å². The van der Waals surface area contributed by atoms with Gasteiger partial charge in [0.2, 0.25) is 0 Å². The summed E-state index contributed by atoms with van der Waals surface area (Å²) in [6, 6.07) is 45.6. The van der Waals surface area contributed by atoms with E-state index in [1.54, 1.807) is 0 Å². The molecule has 0 radical (unpaired) electrons. The van der Waals surface area contributed by atoms with Crippen LogP contribution in [0.15, 0.2) is 145 Å². The van der Waals surface area contributed by atoms with Gasteiger partial charge in [0.25, 0.3) is 0 Å². The molecule has 0 aliphatic carbocycles. The van der Waals surface area contributed by atoms with Crippen LogP contribution >= 0.6 is 14.5 Å². The summed E-state index contributed by atoms with van der Waals surface area (Å²) in [7, 11) is -3.27. The molecule has 0 N–H and O–H groups in total. The molecule has 0 unspecified atom stereocenters. The molecule has 0 bridgehead atoms. The summed E-state index contributed by atoms with van der Waals surface area (Å²) in [4.78, 5) is 0. The number of hydrogen-bond acceptors (Lipinski definition) is 0. The van der Waals surface area contributed by atoms with Crippen LogP contribution in [0.2, 0.25) is 0 Å². The topological polar surface area (TPSA) is 0 Å². The highest BCUT2D eigenvalue weighted by molar-refractivity contribution is 7.90. The molecule has 39 heavy (non-hydrogen) atoms. The van der Waals surface area contributed by atoms with Gasteiger partial charge in [-0.15, -0.1) is 0 Å². The monoisotopic (exact) mass is 550 g/mol. The Morgan fingerprint density at radius 1 is 0.436 bits per heavy atom. The average Bonchev–Trinajstić information content (AvgIpc) is 2.98. The fraction of sp³-hybridized carbons (Fsp3) is 0.243. The van der Waals surface area contributed by atoms with Crippen LogP contribution in [0.4, 0.5) is 0 Å². The first kappa shape index (κ1) is 29.2. The van der Waals surface area contributed by atoms with Crippen molar-refractivity contribution in [1.29, 1.82) is 0 Å². The summed E-state index contributed by atoms with van der Waals surface area (Å²) in [5.41, 5.74) is 2.82. The minimum atomic E-state index is -1.64. The Balaban J connectivity index is 1.80. The fourth-order valence-electron chi connectivity index (χ4n) is 5.56. The molecule has 0 saturated heterocycles. The smallest absolute Gasteiger partial charge is 0.0768 e. The fourth-order valence-corrected chi connectivity index (χ4v) is 14.4. The first-order valence-electron chi connectivity index (χ1n) is 14.2. The van der Waals surface area contributed by atoms with Gasteiger partial charge in [-0.2, -0.15) is 0 Å². The Hall–Kier alpha value is -2.78. The Kier molecular flexibility index (Phi) is 10.5. The molecule has 0 fully saturated rings. The highest BCUT2D eigenvalue weighted by Gasteiger charge is 2.45. The van der Waals surface area contributed by atoms with Crippen LogP contribution in [-0.4, -0.2) is 24.6 Å². The standard InChI is InChI=1S/C37H44P2/c1-32(2)26-30-38(34-18-9-5-10-19-34,35-20-11-6-12-21-35)28-17-29-39(31-27-33(3)4,36-22-13-7-14-23-36)37-24-15-8-16-25-37/h5-16,18-27H,17,28-31H2,1-4H3/q+2. The predicted octanol–water partition coefficient (Wildman–Crippen LogP) is 8.65. The summed E-state index contributed by atoms with van der Waals surface area (Å²) in [6.07, 6.45) is 10.9. The van der Waals surface area contributed by atoms with Crippen molar-refractivity contribution in [2.24, 2.45) is 0 Å². The van der Waals surface area contributed by atoms with Gasteiger partial charge < -0.3 is 0 Å². The molecular formula is C37H44P2+2. The number of benzene rings is 4. The molecule has 4 aromatic carbocycles. The molecule has 2 heteroatoms. The summed E-state index contributed by atoms with van der Waals surface area (Å²) in [5.74, 6) is 0. The zero-order valence-corrected chi connectivity index (χ0v) is 25.9. The van der Waals surface area contributed by atoms with Crippen LogP contribution in [0.5, 0.6) is 0 Å². The summed E-state index contributed by atoms with van der Waals surface area (Å²) in [5, 5.41) is 6.12. The second-order valence-corrected chi connectivity index (χ2v) is 18.6. The third kappa shape index (κ3) is 7.25. The van der Waals surface area contributed by atoms with E-state index in [-0.39, 0.29) is 0 Å². The average molecular weight is 551 g/mol. The predicted molar refractivity (Wildman–Crippen MR) is 181 cm³/mol. The minimum Gasteiger partial charge on any atom is -0.0768 e. The molecule has 200 valence electrons. The first-order valence-corrected chi connectivity index (χ1v) is 18.5. The van der Waals surface area contributed by atoms with E-state index in [0.717, 1.165) is 12.3 Å². The molecule has 0 aliphatic heterocycles. The largest absolute Gasteiger partial charge is 0.0995 e. The first-order chi connectivity index (χ1) is 19.0. The van der Waals surface area contributed by atoms with Crippen LogP contribution in [0, 0.1) is 0 Å². The number of allylic oxidation sites excluding steroid dienone is 4. The van der Waals surface area contributed by atoms with Gasteiger partial charge in [0.1, 0.15) is 0 Å². The zero-order chi connectivity index (χ0) is 27.6. The highest BCUT2D eigenvalue weighted by atomic mass is 31.2. The normalized spacial score (nSPS) is 11.6. The lowest BCUT2D eigenvalue weighted by molar-refractivity contribution is 1.09. The van der Waals surface area contributed by atoms with E-state index in [4.69, 9.17) is 0 Å². The third-order valence-corrected chi connectivity index (χ3v) is 16.6. The second kappa shape index (κ2) is 14.0. The van der Waals surface area contributed by atoms with E-state index >= 15 is 0 Å². The van der Waals surface area contributed by atoms with E-state index in [1.807, 2.05) is 0 Å². The van der Waals surface area contributed by atoms with Crippen LogP contribution < -0.4 is 21.2 Å². The van der Waals surface area contributed by atoms with E-state index in [0.29, 0.717) is 0 Å². The van der Waals surface area contributed by atoms with E-state index in [1.165, 1.54) is 51.1 Å². The molecule has 4 aromatic rings. The van der Waals surface area contributed by atoms with Crippen molar-refractivity contribution in [2.75, 3.05) is 24.6 Å². The van der Waals surface area contributed by atoms with Crippen molar-refractivity contribution >= 4 is 35.7 Å². The van der Waals surface area contributed by atoms with Gasteiger partial charge >= 0.3 is 0 Å². The summed E-state index contributed by atoms with van der Waals surface area (Å²) >= 11 is 0. The Labute approximate surface area is 238 Å². The molecule has 0 atom stereocenters. The maximum atomic E-state index is 2.49. The van der Waals surface area contributed by atoms with Crippen molar-refractivity contribution in [3.8, 4) is 0 Å². The molecule has 4 rings (SSSR count). The van der Waals surface area contributed by atoms with E-state index in [2.05, 4.69) is 161 Å². The molecular weight excluding hydrogens is 506 g/mol. The van der Waals surface area contributed by atoms with Gasteiger partial charge in [-0.05, 0) is 88.4 Å². The minimum absolute atomic E-state index is 1.12. The van der Waals surface area contributed by atoms with Gasteiger partial charge in [-0.1, -0.05) is 83.9 Å². The van der Waals surface area contributed by atoms with Crippen molar-refractivity contribution < 1.29 is 0 Å². The van der Waals surface area contributed by atoms with Crippen molar-refractivity contribution in [3.63, 3.8) is 0 Å². The molecule has 0 spiro atoms. The van der Waals surface area contributed by atoms with Crippen LogP contribution in [-0.2, 0) is 0 Å². The van der Waals surface area contributed by atoms with Crippen LogP contribution in [0.3, 0.4) is 0 Å². The van der Waals surface area contributed by atoms with Crippen molar-refractivity contribution in [1.82, 2.24) is 0 Å². The highest BCUT2D eigenvalue weighted by Crippen LogP contribution is 2.61. The molecule has 0 amide bonds. The maximum absolute atomic E-state index is 2.49.